The van der Waals surface area contributed by atoms with Crippen LogP contribution in [0.3, 0.4) is 0 Å². The molecule has 1 heterocycles. The fourth-order valence-electron chi connectivity index (χ4n) is 2.51. The van der Waals surface area contributed by atoms with Crippen LogP contribution in [0.25, 0.3) is 0 Å². The Labute approximate surface area is 123 Å². The van der Waals surface area contributed by atoms with E-state index in [0.29, 0.717) is 17.8 Å². The van der Waals surface area contributed by atoms with Crippen LogP contribution in [0.4, 0.5) is 11.6 Å². The molecule has 1 rings (SSSR count). The van der Waals surface area contributed by atoms with Gasteiger partial charge in [-0.05, 0) is 31.1 Å². The standard InChI is InChI=1S/C16H30N4/c1-7-8-17-15-13(6)16(20-10-19-15)18-9-14(11(2)3)12(4)5/h10-12,14H,7-9H2,1-6H3,(H2,17,18,19,20). The zero-order chi connectivity index (χ0) is 15.1. The molecule has 0 saturated carbocycles. The lowest BCUT2D eigenvalue weighted by molar-refractivity contribution is 0.304. The van der Waals surface area contributed by atoms with Crippen molar-refractivity contribution >= 4 is 11.6 Å². The van der Waals surface area contributed by atoms with Crippen molar-refractivity contribution in [1.82, 2.24) is 9.97 Å². The lowest BCUT2D eigenvalue weighted by Gasteiger charge is -2.25. The van der Waals surface area contributed by atoms with Gasteiger partial charge < -0.3 is 10.6 Å². The highest BCUT2D eigenvalue weighted by molar-refractivity contribution is 5.56. The van der Waals surface area contributed by atoms with Crippen LogP contribution in [0.15, 0.2) is 6.33 Å². The van der Waals surface area contributed by atoms with Gasteiger partial charge in [-0.3, -0.25) is 0 Å². The molecule has 2 N–H and O–H groups in total. The van der Waals surface area contributed by atoms with Crippen LogP contribution in [-0.2, 0) is 0 Å². The molecule has 0 aromatic carbocycles. The van der Waals surface area contributed by atoms with Crippen molar-refractivity contribution in [2.24, 2.45) is 17.8 Å². The zero-order valence-corrected chi connectivity index (χ0v) is 13.8. The zero-order valence-electron chi connectivity index (χ0n) is 13.8. The maximum absolute atomic E-state index is 4.38. The predicted molar refractivity (Wildman–Crippen MR) is 87.2 cm³/mol. The minimum Gasteiger partial charge on any atom is -0.370 e. The predicted octanol–water partition coefficient (Wildman–Crippen LogP) is 3.95. The SMILES string of the molecule is CCCNc1ncnc(NCC(C(C)C)C(C)C)c1C. The van der Waals surface area contributed by atoms with Crippen molar-refractivity contribution in [3.05, 3.63) is 11.9 Å². The summed E-state index contributed by atoms with van der Waals surface area (Å²) in [6, 6.07) is 0. The second kappa shape index (κ2) is 8.08. The van der Waals surface area contributed by atoms with E-state index in [4.69, 9.17) is 0 Å². The molecule has 0 amide bonds. The number of hydrogen-bond donors (Lipinski definition) is 2. The molecule has 0 fully saturated rings. The molecule has 0 bridgehead atoms. The first-order chi connectivity index (χ1) is 9.47. The molecule has 0 unspecified atom stereocenters. The fourth-order valence-corrected chi connectivity index (χ4v) is 2.51. The van der Waals surface area contributed by atoms with E-state index in [0.717, 1.165) is 36.7 Å². The minimum atomic E-state index is 0.649. The molecule has 114 valence electrons. The monoisotopic (exact) mass is 278 g/mol. The first-order valence-corrected chi connectivity index (χ1v) is 7.76. The summed E-state index contributed by atoms with van der Waals surface area (Å²) in [5.74, 6) is 3.88. The number of aromatic nitrogens is 2. The Balaban J connectivity index is 2.72. The Kier molecular flexibility index (Phi) is 6.76. The lowest BCUT2D eigenvalue weighted by atomic mass is 9.85. The summed E-state index contributed by atoms with van der Waals surface area (Å²) in [7, 11) is 0. The van der Waals surface area contributed by atoms with Crippen LogP contribution in [0.1, 0.15) is 46.6 Å². The largest absolute Gasteiger partial charge is 0.370 e. The Hall–Kier alpha value is -1.32. The van der Waals surface area contributed by atoms with Gasteiger partial charge in [-0.25, -0.2) is 9.97 Å². The molecular weight excluding hydrogens is 248 g/mol. The second-order valence-corrected chi connectivity index (χ2v) is 6.16. The number of hydrogen-bond acceptors (Lipinski definition) is 4. The van der Waals surface area contributed by atoms with Crippen LogP contribution < -0.4 is 10.6 Å². The average Bonchev–Trinajstić information content (AvgIpc) is 2.38. The van der Waals surface area contributed by atoms with Crippen molar-refractivity contribution in [2.45, 2.75) is 48.0 Å². The summed E-state index contributed by atoms with van der Waals surface area (Å²) >= 11 is 0. The van der Waals surface area contributed by atoms with E-state index in [-0.39, 0.29) is 0 Å². The number of anilines is 2. The molecule has 0 aliphatic heterocycles. The van der Waals surface area contributed by atoms with Crippen molar-refractivity contribution in [2.75, 3.05) is 23.7 Å². The third-order valence-corrected chi connectivity index (χ3v) is 3.84. The molecule has 4 nitrogen and oxygen atoms in total. The van der Waals surface area contributed by atoms with Crippen molar-refractivity contribution in [1.29, 1.82) is 0 Å². The average molecular weight is 278 g/mol. The smallest absolute Gasteiger partial charge is 0.134 e. The Morgan fingerprint density at radius 3 is 2.05 bits per heavy atom. The Morgan fingerprint density at radius 2 is 1.55 bits per heavy atom. The molecule has 0 saturated heterocycles. The van der Waals surface area contributed by atoms with E-state index in [1.165, 1.54) is 0 Å². The van der Waals surface area contributed by atoms with E-state index >= 15 is 0 Å². The third kappa shape index (κ3) is 4.66. The van der Waals surface area contributed by atoms with Gasteiger partial charge in [-0.1, -0.05) is 34.6 Å². The third-order valence-electron chi connectivity index (χ3n) is 3.84. The summed E-state index contributed by atoms with van der Waals surface area (Å²) in [6.45, 7) is 15.3. The van der Waals surface area contributed by atoms with E-state index in [2.05, 4.69) is 62.1 Å². The quantitative estimate of drug-likeness (QED) is 0.756. The topological polar surface area (TPSA) is 49.8 Å². The van der Waals surface area contributed by atoms with Gasteiger partial charge in [0.15, 0.2) is 0 Å². The first-order valence-electron chi connectivity index (χ1n) is 7.76. The van der Waals surface area contributed by atoms with Crippen LogP contribution in [0, 0.1) is 24.7 Å². The number of nitrogens with zero attached hydrogens (tertiary/aromatic N) is 2. The second-order valence-electron chi connectivity index (χ2n) is 6.16. The van der Waals surface area contributed by atoms with Gasteiger partial charge in [0.1, 0.15) is 18.0 Å². The summed E-state index contributed by atoms with van der Waals surface area (Å²) in [6.07, 6.45) is 2.72. The van der Waals surface area contributed by atoms with E-state index in [1.807, 2.05) is 0 Å². The van der Waals surface area contributed by atoms with E-state index < -0.39 is 0 Å². The maximum Gasteiger partial charge on any atom is 0.134 e. The summed E-state index contributed by atoms with van der Waals surface area (Å²) < 4.78 is 0. The molecule has 1 aromatic rings. The van der Waals surface area contributed by atoms with Gasteiger partial charge in [-0.15, -0.1) is 0 Å². The molecule has 1 aromatic heterocycles. The molecule has 0 atom stereocenters. The van der Waals surface area contributed by atoms with Crippen molar-refractivity contribution in [3.63, 3.8) is 0 Å². The Morgan fingerprint density at radius 1 is 1.00 bits per heavy atom. The van der Waals surface area contributed by atoms with Crippen LogP contribution >= 0.6 is 0 Å². The molecule has 0 radical (unpaired) electrons. The molecule has 0 spiro atoms. The van der Waals surface area contributed by atoms with Crippen molar-refractivity contribution in [3.8, 4) is 0 Å². The summed E-state index contributed by atoms with van der Waals surface area (Å²) in [5.41, 5.74) is 1.10. The number of nitrogens with one attached hydrogen (secondary N) is 2. The van der Waals surface area contributed by atoms with E-state index in [1.54, 1.807) is 6.33 Å². The first kappa shape index (κ1) is 16.7. The number of rotatable bonds is 8. The van der Waals surface area contributed by atoms with Gasteiger partial charge >= 0.3 is 0 Å². The van der Waals surface area contributed by atoms with Gasteiger partial charge in [0.05, 0.1) is 0 Å². The summed E-state index contributed by atoms with van der Waals surface area (Å²) in [4.78, 5) is 8.69. The Bertz CT molecular complexity index is 393. The molecule has 4 heteroatoms. The normalized spacial score (nSPS) is 11.4. The van der Waals surface area contributed by atoms with Gasteiger partial charge in [0.2, 0.25) is 0 Å². The van der Waals surface area contributed by atoms with Crippen molar-refractivity contribution < 1.29 is 0 Å². The molecular formula is C16H30N4. The van der Waals surface area contributed by atoms with Crippen LogP contribution in [0.5, 0.6) is 0 Å². The highest BCUT2D eigenvalue weighted by atomic mass is 15.1. The maximum atomic E-state index is 4.38. The highest BCUT2D eigenvalue weighted by Crippen LogP contribution is 2.23. The van der Waals surface area contributed by atoms with Crippen LogP contribution in [-0.4, -0.2) is 23.1 Å². The lowest BCUT2D eigenvalue weighted by Crippen LogP contribution is -2.25. The summed E-state index contributed by atoms with van der Waals surface area (Å²) in [5, 5.41) is 6.85. The fraction of sp³-hybridized carbons (Fsp3) is 0.750. The van der Waals surface area contributed by atoms with Gasteiger partial charge in [0.25, 0.3) is 0 Å². The highest BCUT2D eigenvalue weighted by Gasteiger charge is 2.18. The van der Waals surface area contributed by atoms with E-state index in [9.17, 15) is 0 Å². The van der Waals surface area contributed by atoms with Gasteiger partial charge in [-0.2, -0.15) is 0 Å². The molecule has 20 heavy (non-hydrogen) atoms. The minimum absolute atomic E-state index is 0.649. The van der Waals surface area contributed by atoms with Gasteiger partial charge in [0, 0.05) is 18.7 Å². The molecule has 0 aliphatic carbocycles. The van der Waals surface area contributed by atoms with Crippen LogP contribution in [0.2, 0.25) is 0 Å². The molecule has 0 aliphatic rings.